The van der Waals surface area contributed by atoms with E-state index in [4.69, 9.17) is 39.9 Å². The summed E-state index contributed by atoms with van der Waals surface area (Å²) in [4.78, 5) is 40.4. The van der Waals surface area contributed by atoms with Crippen LogP contribution in [0.4, 0.5) is 0 Å². The molecule has 0 radical (unpaired) electrons. The van der Waals surface area contributed by atoms with Crippen molar-refractivity contribution in [3.8, 4) is 45.6 Å². The number of benzene rings is 6. The maximum absolute atomic E-state index is 5.28. The first-order valence-corrected chi connectivity index (χ1v) is 19.6. The summed E-state index contributed by atoms with van der Waals surface area (Å²) in [5.74, 6) is 2.62. The van der Waals surface area contributed by atoms with E-state index in [9.17, 15) is 0 Å². The molecule has 5 heterocycles. The van der Waals surface area contributed by atoms with Gasteiger partial charge in [0.05, 0.1) is 33.1 Å². The molecule has 0 saturated carbocycles. The van der Waals surface area contributed by atoms with Crippen LogP contribution in [0.3, 0.4) is 0 Å². The van der Waals surface area contributed by atoms with Crippen molar-refractivity contribution in [2.75, 3.05) is 0 Å². The van der Waals surface area contributed by atoms with Gasteiger partial charge in [0, 0.05) is 47.0 Å². The van der Waals surface area contributed by atoms with Gasteiger partial charge >= 0.3 is 0 Å². The molecule has 4 aromatic heterocycles. The van der Waals surface area contributed by atoms with Gasteiger partial charge in [-0.1, -0.05) is 115 Å². The number of nitrogens with zero attached hydrogens (tertiary/aromatic N) is 9. The Hall–Kier alpha value is -7.30. The Kier molecular flexibility index (Phi) is 6.67. The second kappa shape index (κ2) is 11.9. The molecular weight excluding hydrogens is 683 g/mol. The van der Waals surface area contributed by atoms with Gasteiger partial charge < -0.3 is 4.23 Å². The molecule has 11 rings (SSSR count). The Balaban J connectivity index is 1.26. The molecule has 0 bridgehead atoms. The van der Waals surface area contributed by atoms with Crippen LogP contribution in [0.2, 0.25) is 0 Å². The third-order valence-corrected chi connectivity index (χ3v) is 15.0. The monoisotopic (exact) mass is 709 g/mol. The van der Waals surface area contributed by atoms with Crippen LogP contribution >= 0.6 is 0 Å². The summed E-state index contributed by atoms with van der Waals surface area (Å²) < 4.78 is 2.49. The quantitative estimate of drug-likeness (QED) is 0.184. The number of hydrogen-bond donors (Lipinski definition) is 0. The van der Waals surface area contributed by atoms with Crippen LogP contribution in [-0.4, -0.2) is 52.3 Å². The molecule has 0 aliphatic carbocycles. The van der Waals surface area contributed by atoms with Crippen molar-refractivity contribution >= 4 is 56.9 Å². The summed E-state index contributed by atoms with van der Waals surface area (Å²) in [5, 5.41) is 3.36. The molecular formula is C44H27N9Si. The zero-order chi connectivity index (χ0) is 35.6. The van der Waals surface area contributed by atoms with Gasteiger partial charge in [-0.25, -0.2) is 19.9 Å². The summed E-state index contributed by atoms with van der Waals surface area (Å²) in [6, 6.07) is 47.7. The Morgan fingerprint density at radius 2 is 0.944 bits per heavy atom. The van der Waals surface area contributed by atoms with E-state index < -0.39 is 8.24 Å². The predicted molar refractivity (Wildman–Crippen MR) is 214 cm³/mol. The van der Waals surface area contributed by atoms with Crippen LogP contribution in [0.25, 0.3) is 78.7 Å². The molecule has 1 unspecified atom stereocenters. The number of fused-ring (bicyclic) bond motifs is 7. The lowest BCUT2D eigenvalue weighted by Gasteiger charge is -2.33. The molecule has 10 aromatic rings. The summed E-state index contributed by atoms with van der Waals surface area (Å²) in [6.45, 7) is 0. The molecule has 0 amide bonds. The molecule has 0 saturated heterocycles. The standard InChI is InChI=1S/C44H27N9Si/c1-3-12-28(13-4-1)41-50-42(29-14-5-2-6-15-29)52-43(51-41)31-22-23-37(40-38(31)46-26-27-48-40)54(36-21-11-18-33-39(36)47-25-24-45-33)35-20-10-7-16-30(35)44-49-32-17-8-9-19-34(32)53(44)54/h1-27H. The van der Waals surface area contributed by atoms with Gasteiger partial charge in [-0.15, -0.1) is 0 Å². The molecule has 1 atom stereocenters. The van der Waals surface area contributed by atoms with Crippen molar-refractivity contribution in [3.63, 3.8) is 0 Å². The van der Waals surface area contributed by atoms with E-state index >= 15 is 0 Å². The lowest BCUT2D eigenvalue weighted by atomic mass is 10.1. The van der Waals surface area contributed by atoms with Crippen molar-refractivity contribution in [1.82, 2.24) is 44.1 Å². The third-order valence-electron chi connectivity index (χ3n) is 10.3. The summed E-state index contributed by atoms with van der Waals surface area (Å²) in [5.41, 5.74) is 8.80. The highest BCUT2D eigenvalue weighted by Crippen LogP contribution is 2.37. The van der Waals surface area contributed by atoms with E-state index in [-0.39, 0.29) is 0 Å². The molecule has 252 valence electrons. The highest BCUT2D eigenvalue weighted by atomic mass is 28.3. The van der Waals surface area contributed by atoms with Gasteiger partial charge in [-0.2, -0.15) is 0 Å². The van der Waals surface area contributed by atoms with Gasteiger partial charge in [-0.3, -0.25) is 19.9 Å². The Morgan fingerprint density at radius 1 is 0.370 bits per heavy atom. The predicted octanol–water partition coefficient (Wildman–Crippen LogP) is 6.60. The van der Waals surface area contributed by atoms with Gasteiger partial charge in [-0.05, 0) is 39.8 Å². The topological polar surface area (TPSA) is 108 Å². The summed E-state index contributed by atoms with van der Waals surface area (Å²) in [7, 11) is -3.32. The largest absolute Gasteiger partial charge is 0.338 e. The fraction of sp³-hybridized carbons (Fsp3) is 0. The molecule has 0 N–H and O–H groups in total. The van der Waals surface area contributed by atoms with Crippen molar-refractivity contribution in [3.05, 3.63) is 164 Å². The smallest absolute Gasteiger partial charge is 0.264 e. The van der Waals surface area contributed by atoms with Crippen molar-refractivity contribution < 1.29 is 0 Å². The van der Waals surface area contributed by atoms with E-state index in [1.165, 1.54) is 5.19 Å². The minimum absolute atomic E-state index is 0.520. The molecule has 54 heavy (non-hydrogen) atoms. The molecule has 0 fully saturated rings. The van der Waals surface area contributed by atoms with Crippen LogP contribution in [0.15, 0.2) is 164 Å². The van der Waals surface area contributed by atoms with Gasteiger partial charge in [0.2, 0.25) is 0 Å². The van der Waals surface area contributed by atoms with E-state index in [2.05, 4.69) is 71.0 Å². The first-order chi connectivity index (χ1) is 26.8. The van der Waals surface area contributed by atoms with E-state index in [0.29, 0.717) is 23.0 Å². The molecule has 0 spiro atoms. The van der Waals surface area contributed by atoms with Gasteiger partial charge in [0.25, 0.3) is 8.24 Å². The van der Waals surface area contributed by atoms with Crippen molar-refractivity contribution in [2.45, 2.75) is 0 Å². The van der Waals surface area contributed by atoms with Crippen LogP contribution in [0.5, 0.6) is 0 Å². The molecule has 10 heteroatoms. The number of hydrogen-bond acceptors (Lipinski definition) is 8. The lowest BCUT2D eigenvalue weighted by Crippen LogP contribution is -2.71. The minimum Gasteiger partial charge on any atom is -0.338 e. The molecule has 1 aliphatic rings. The average molecular weight is 710 g/mol. The average Bonchev–Trinajstić information content (AvgIpc) is 3.77. The normalized spacial score (nSPS) is 14.7. The Labute approximate surface area is 309 Å². The van der Waals surface area contributed by atoms with Crippen molar-refractivity contribution in [1.29, 1.82) is 0 Å². The number of para-hydroxylation sites is 3. The fourth-order valence-electron chi connectivity index (χ4n) is 8.08. The first kappa shape index (κ1) is 30.3. The van der Waals surface area contributed by atoms with E-state index in [0.717, 1.165) is 66.0 Å². The lowest BCUT2D eigenvalue weighted by molar-refractivity contribution is 1.07. The SMILES string of the molecule is c1ccc(-c2nc(-c3ccccc3)nc(-c3ccc([Si]4(c5cccc6nccnc56)c5ccccc5-c5nc6ccccc6n54)c4nccnc34)n2)cc1. The number of imidazole rings is 1. The van der Waals surface area contributed by atoms with Gasteiger partial charge in [0.15, 0.2) is 17.5 Å². The second-order valence-corrected chi connectivity index (χ2v) is 16.7. The second-order valence-electron chi connectivity index (χ2n) is 13.2. The summed E-state index contributed by atoms with van der Waals surface area (Å²) >= 11 is 0. The fourth-order valence-corrected chi connectivity index (χ4v) is 13.4. The van der Waals surface area contributed by atoms with Crippen LogP contribution < -0.4 is 15.6 Å². The molecule has 6 aromatic carbocycles. The maximum atomic E-state index is 5.28. The molecule has 9 nitrogen and oxygen atoms in total. The van der Waals surface area contributed by atoms with E-state index in [1.807, 2.05) is 72.8 Å². The summed E-state index contributed by atoms with van der Waals surface area (Å²) in [6.07, 6.45) is 7.04. The number of rotatable bonds is 5. The van der Waals surface area contributed by atoms with Crippen LogP contribution in [-0.2, 0) is 0 Å². The van der Waals surface area contributed by atoms with Crippen molar-refractivity contribution in [2.24, 2.45) is 0 Å². The maximum Gasteiger partial charge on any atom is 0.264 e. The van der Waals surface area contributed by atoms with E-state index in [1.54, 1.807) is 24.8 Å². The third kappa shape index (κ3) is 4.37. The Bertz CT molecular complexity index is 3010. The van der Waals surface area contributed by atoms with Crippen LogP contribution in [0, 0.1) is 0 Å². The minimum atomic E-state index is -3.32. The highest BCUT2D eigenvalue weighted by Gasteiger charge is 2.53. The zero-order valence-corrected chi connectivity index (χ0v) is 29.6. The van der Waals surface area contributed by atoms with Crippen LogP contribution in [0.1, 0.15) is 0 Å². The zero-order valence-electron chi connectivity index (χ0n) is 28.6. The highest BCUT2D eigenvalue weighted by molar-refractivity contribution is 7.14. The molecule has 1 aliphatic heterocycles. The number of aromatic nitrogens is 9. The van der Waals surface area contributed by atoms with Gasteiger partial charge in [0.1, 0.15) is 5.82 Å². The Morgan fingerprint density at radius 3 is 1.72 bits per heavy atom. The first-order valence-electron chi connectivity index (χ1n) is 17.7.